The van der Waals surface area contributed by atoms with E-state index < -0.39 is 35.9 Å². The number of hydrogen-bond donors (Lipinski definition) is 0. The molecule has 3 nitrogen and oxygen atoms in total. The van der Waals surface area contributed by atoms with Gasteiger partial charge < -0.3 is 4.74 Å². The van der Waals surface area contributed by atoms with Crippen LogP contribution in [0.1, 0.15) is 22.3 Å². The Bertz CT molecular complexity index is 921. The summed E-state index contributed by atoms with van der Waals surface area (Å²) < 4.78 is 47.6. The summed E-state index contributed by atoms with van der Waals surface area (Å²) >= 11 is 1.35. The first-order chi connectivity index (χ1) is 13.5. The Morgan fingerprint density at radius 3 is 2.71 bits per heavy atom. The van der Waals surface area contributed by atoms with E-state index in [2.05, 4.69) is 4.99 Å². The molecule has 0 unspecified atom stereocenters. The number of thioether (sulfide) groups is 1. The molecule has 28 heavy (non-hydrogen) atoms. The van der Waals surface area contributed by atoms with Crippen LogP contribution in [0.25, 0.3) is 0 Å². The highest BCUT2D eigenvalue weighted by molar-refractivity contribution is 8.14. The summed E-state index contributed by atoms with van der Waals surface area (Å²) in [4.78, 5) is 17.2. The molecule has 3 atom stereocenters. The molecule has 2 aliphatic rings. The second-order valence-electron chi connectivity index (χ2n) is 6.92. The fourth-order valence-corrected chi connectivity index (χ4v) is 5.17. The van der Waals surface area contributed by atoms with Crippen LogP contribution < -0.4 is 0 Å². The van der Waals surface area contributed by atoms with Gasteiger partial charge in [0.1, 0.15) is 12.2 Å². The van der Waals surface area contributed by atoms with Gasteiger partial charge in [-0.05, 0) is 6.07 Å². The van der Waals surface area contributed by atoms with Crippen LogP contribution in [0, 0.1) is 17.6 Å². The Hall–Kier alpha value is -2.12. The quantitative estimate of drug-likeness (QED) is 0.685. The Labute approximate surface area is 165 Å². The first-order valence-electron chi connectivity index (χ1n) is 8.97. The molecule has 2 aromatic carbocycles. The smallest absolute Gasteiger partial charge is 0.169 e. The zero-order valence-electron chi connectivity index (χ0n) is 14.9. The van der Waals surface area contributed by atoms with E-state index in [-0.39, 0.29) is 24.4 Å². The maximum Gasteiger partial charge on any atom is 0.169 e. The van der Waals surface area contributed by atoms with Crippen LogP contribution in [0.15, 0.2) is 53.5 Å². The highest BCUT2D eigenvalue weighted by atomic mass is 32.2. The van der Waals surface area contributed by atoms with Crippen molar-refractivity contribution in [2.45, 2.75) is 18.1 Å². The molecule has 2 aliphatic heterocycles. The number of hydrogen-bond acceptors (Lipinski definition) is 4. The van der Waals surface area contributed by atoms with Gasteiger partial charge in [0.05, 0.1) is 24.2 Å². The van der Waals surface area contributed by atoms with Crippen LogP contribution in [0.3, 0.4) is 0 Å². The number of nitrogens with zero attached hydrogens (tertiary/aromatic N) is 1. The molecule has 0 N–H and O–H groups in total. The summed E-state index contributed by atoms with van der Waals surface area (Å²) in [6.45, 7) is -0.770. The topological polar surface area (TPSA) is 38.7 Å². The van der Waals surface area contributed by atoms with Gasteiger partial charge in [0, 0.05) is 22.8 Å². The summed E-state index contributed by atoms with van der Waals surface area (Å²) in [7, 11) is 0. The predicted molar refractivity (Wildman–Crippen MR) is 103 cm³/mol. The number of aliphatic imine (C=N–C) groups is 1. The molecule has 0 aliphatic carbocycles. The molecular formula is C21H18F3NO2S. The van der Waals surface area contributed by atoms with Crippen molar-refractivity contribution in [3.63, 3.8) is 0 Å². The average molecular weight is 405 g/mol. The molecule has 1 saturated heterocycles. The molecule has 1 fully saturated rings. The second-order valence-corrected chi connectivity index (χ2v) is 8.01. The Kier molecular flexibility index (Phi) is 5.29. The number of halogens is 3. The minimum absolute atomic E-state index is 0.0454. The molecule has 0 amide bonds. The van der Waals surface area contributed by atoms with Crippen LogP contribution >= 0.6 is 11.8 Å². The number of ketones is 1. The van der Waals surface area contributed by atoms with Crippen LogP contribution in [-0.2, 0) is 10.3 Å². The van der Waals surface area contributed by atoms with Crippen LogP contribution in [0.4, 0.5) is 13.2 Å². The van der Waals surface area contributed by atoms with Gasteiger partial charge in [-0.3, -0.25) is 9.79 Å². The van der Waals surface area contributed by atoms with Crippen molar-refractivity contribution >= 4 is 22.6 Å². The van der Waals surface area contributed by atoms with E-state index in [1.807, 2.05) is 6.07 Å². The summed E-state index contributed by atoms with van der Waals surface area (Å²) in [5, 5.41) is 0.525. The van der Waals surface area contributed by atoms with Gasteiger partial charge in [0.2, 0.25) is 0 Å². The maximum atomic E-state index is 14.6. The molecule has 0 spiro atoms. The summed E-state index contributed by atoms with van der Waals surface area (Å²) in [5.74, 6) is -2.11. The zero-order valence-corrected chi connectivity index (χ0v) is 15.7. The Morgan fingerprint density at radius 1 is 1.18 bits per heavy atom. The van der Waals surface area contributed by atoms with Crippen LogP contribution in [-0.4, -0.2) is 36.0 Å². The number of ether oxygens (including phenoxy) is 1. The number of carbonyl (C=O) groups excluding carboxylic acids is 1. The van der Waals surface area contributed by atoms with Crippen molar-refractivity contribution in [2.24, 2.45) is 10.9 Å². The van der Waals surface area contributed by atoms with Crippen molar-refractivity contribution < 1.29 is 22.7 Å². The van der Waals surface area contributed by atoms with E-state index in [0.29, 0.717) is 16.4 Å². The lowest BCUT2D eigenvalue weighted by atomic mass is 9.79. The summed E-state index contributed by atoms with van der Waals surface area (Å²) in [6, 6.07) is 12.7. The van der Waals surface area contributed by atoms with Crippen molar-refractivity contribution in [1.82, 2.24) is 0 Å². The minimum Gasteiger partial charge on any atom is -0.372 e. The lowest BCUT2D eigenvalue weighted by Gasteiger charge is -2.36. The van der Waals surface area contributed by atoms with E-state index in [4.69, 9.17) is 4.74 Å². The third kappa shape index (κ3) is 3.26. The van der Waals surface area contributed by atoms with Gasteiger partial charge in [0.15, 0.2) is 17.4 Å². The van der Waals surface area contributed by atoms with Gasteiger partial charge in [0.25, 0.3) is 0 Å². The predicted octanol–water partition coefficient (Wildman–Crippen LogP) is 4.56. The summed E-state index contributed by atoms with van der Waals surface area (Å²) in [5.41, 5.74) is -0.609. The molecule has 0 saturated carbocycles. The lowest BCUT2D eigenvalue weighted by Crippen LogP contribution is -2.41. The number of fused-ring (bicyclic) bond motifs is 1. The van der Waals surface area contributed by atoms with Gasteiger partial charge >= 0.3 is 0 Å². The molecule has 7 heteroatoms. The molecule has 0 bridgehead atoms. The van der Waals surface area contributed by atoms with Crippen molar-refractivity contribution in [3.8, 4) is 0 Å². The molecule has 2 heterocycles. The van der Waals surface area contributed by atoms with Crippen molar-refractivity contribution in [2.75, 3.05) is 19.0 Å². The summed E-state index contributed by atoms with van der Waals surface area (Å²) in [6.07, 6.45) is -0.675. The number of Topliss-reactive ketones (excluding diaryl/α,β-unsaturated/α-hetero) is 1. The molecular weight excluding hydrogens is 387 g/mol. The zero-order chi connectivity index (χ0) is 19.7. The standard InChI is InChI=1S/C21H18F3NO2S/c22-10-18-15-11-28-19(9-17(26)13-5-2-1-3-6-13)25-21(15,12-27-18)14-7-4-8-16(23)20(14)24/h1-8,15,18H,9-12H2/t15-,18-,21-/m1/s1. The number of benzene rings is 2. The van der Waals surface area contributed by atoms with E-state index in [9.17, 15) is 18.0 Å². The van der Waals surface area contributed by atoms with E-state index in [1.165, 1.54) is 23.9 Å². The molecule has 2 aromatic rings. The first-order valence-corrected chi connectivity index (χ1v) is 9.95. The highest BCUT2D eigenvalue weighted by Gasteiger charge is 2.54. The van der Waals surface area contributed by atoms with Crippen LogP contribution in [0.2, 0.25) is 0 Å². The second kappa shape index (κ2) is 7.72. The molecule has 0 aromatic heterocycles. The first kappa shape index (κ1) is 19.2. The van der Waals surface area contributed by atoms with Gasteiger partial charge in [-0.15, -0.1) is 11.8 Å². The van der Waals surface area contributed by atoms with Crippen molar-refractivity contribution in [1.29, 1.82) is 0 Å². The van der Waals surface area contributed by atoms with Crippen LogP contribution in [0.5, 0.6) is 0 Å². The number of carbonyl (C=O) groups is 1. The lowest BCUT2D eigenvalue weighted by molar-refractivity contribution is 0.0720. The Morgan fingerprint density at radius 2 is 1.96 bits per heavy atom. The normalized spacial score (nSPS) is 26.6. The molecule has 0 radical (unpaired) electrons. The average Bonchev–Trinajstić information content (AvgIpc) is 3.09. The van der Waals surface area contributed by atoms with Gasteiger partial charge in [-0.1, -0.05) is 42.5 Å². The number of rotatable bonds is 5. The van der Waals surface area contributed by atoms with Crippen molar-refractivity contribution in [3.05, 3.63) is 71.3 Å². The fraction of sp³-hybridized carbons (Fsp3) is 0.333. The third-order valence-electron chi connectivity index (χ3n) is 5.31. The fourth-order valence-electron chi connectivity index (χ4n) is 3.85. The van der Waals surface area contributed by atoms with Gasteiger partial charge in [-0.25, -0.2) is 13.2 Å². The highest BCUT2D eigenvalue weighted by Crippen LogP contribution is 2.49. The monoisotopic (exact) mass is 405 g/mol. The minimum atomic E-state index is -1.22. The van der Waals surface area contributed by atoms with E-state index in [1.54, 1.807) is 24.3 Å². The third-order valence-corrected chi connectivity index (χ3v) is 6.41. The maximum absolute atomic E-state index is 14.6. The largest absolute Gasteiger partial charge is 0.372 e. The van der Waals surface area contributed by atoms with E-state index in [0.717, 1.165) is 6.07 Å². The number of alkyl halides is 1. The van der Waals surface area contributed by atoms with Gasteiger partial charge in [-0.2, -0.15) is 0 Å². The molecule has 146 valence electrons. The van der Waals surface area contributed by atoms with E-state index >= 15 is 0 Å². The SMILES string of the molecule is O=C(CC1=N[C@@]2(c3cccc(F)c3F)CO[C@H](CF)[C@H]2CS1)c1ccccc1. The molecule has 4 rings (SSSR count). The Balaban J connectivity index is 1.73.